The van der Waals surface area contributed by atoms with Gasteiger partial charge in [-0.3, -0.25) is 4.57 Å². The number of hydrogen-bond donors (Lipinski definition) is 3. The van der Waals surface area contributed by atoms with E-state index >= 15 is 0 Å². The Morgan fingerprint density at radius 2 is 2.17 bits per heavy atom. The Balaban J connectivity index is 2.00. The molecule has 18 heavy (non-hydrogen) atoms. The maximum absolute atomic E-state index is 11.1. The molecule has 1 aromatic heterocycles. The summed E-state index contributed by atoms with van der Waals surface area (Å²) < 4.78 is 1.40. The number of nitrogens with zero attached hydrogens (tertiary/aromatic N) is 2. The Morgan fingerprint density at radius 1 is 1.50 bits per heavy atom. The number of aliphatic hydroxyl groups is 1. The van der Waals surface area contributed by atoms with Gasteiger partial charge >= 0.3 is 5.69 Å². The van der Waals surface area contributed by atoms with Crippen molar-refractivity contribution < 1.29 is 5.11 Å². The molecular weight excluding hydrogens is 252 g/mol. The summed E-state index contributed by atoms with van der Waals surface area (Å²) in [6.07, 6.45) is -0.623. The molecule has 2 rings (SSSR count). The normalized spacial score (nSPS) is 12.6. The SMILES string of the molecule is Cn1c(SCC(O)c2ccc(N)cc2)n[nH]c1=O. The molecule has 0 saturated carbocycles. The summed E-state index contributed by atoms with van der Waals surface area (Å²) >= 11 is 1.31. The number of rotatable bonds is 4. The predicted octanol–water partition coefficient (Wildman–Crippen LogP) is 0.516. The first kappa shape index (κ1) is 12.7. The minimum atomic E-state index is -0.623. The second-order valence-electron chi connectivity index (χ2n) is 3.86. The van der Waals surface area contributed by atoms with Gasteiger partial charge < -0.3 is 10.8 Å². The lowest BCUT2D eigenvalue weighted by molar-refractivity contribution is 0.204. The summed E-state index contributed by atoms with van der Waals surface area (Å²) in [5, 5.41) is 16.7. The highest BCUT2D eigenvalue weighted by atomic mass is 32.2. The summed E-state index contributed by atoms with van der Waals surface area (Å²) in [5.74, 6) is 0.419. The van der Waals surface area contributed by atoms with Gasteiger partial charge in [-0.15, -0.1) is 5.10 Å². The molecule has 0 fully saturated rings. The van der Waals surface area contributed by atoms with E-state index in [1.165, 1.54) is 16.3 Å². The molecule has 0 aliphatic rings. The number of aromatic nitrogens is 3. The highest BCUT2D eigenvalue weighted by molar-refractivity contribution is 7.99. The van der Waals surface area contributed by atoms with Crippen LogP contribution in [0.4, 0.5) is 5.69 Å². The highest BCUT2D eigenvalue weighted by Gasteiger charge is 2.11. The topological polar surface area (TPSA) is 96.9 Å². The summed E-state index contributed by atoms with van der Waals surface area (Å²) in [6.45, 7) is 0. The van der Waals surface area contributed by atoms with Gasteiger partial charge in [0.25, 0.3) is 0 Å². The zero-order chi connectivity index (χ0) is 13.1. The molecule has 1 aromatic carbocycles. The lowest BCUT2D eigenvalue weighted by Crippen LogP contribution is -2.13. The van der Waals surface area contributed by atoms with Gasteiger partial charge in [-0.2, -0.15) is 0 Å². The molecule has 0 aliphatic carbocycles. The molecule has 0 radical (unpaired) electrons. The summed E-state index contributed by atoms with van der Waals surface area (Å²) in [5.41, 5.74) is 6.76. The summed E-state index contributed by atoms with van der Waals surface area (Å²) in [4.78, 5) is 11.1. The van der Waals surface area contributed by atoms with Crippen LogP contribution in [0.2, 0.25) is 0 Å². The minimum Gasteiger partial charge on any atom is -0.399 e. The van der Waals surface area contributed by atoms with Crippen LogP contribution in [0, 0.1) is 0 Å². The van der Waals surface area contributed by atoms with Crippen molar-refractivity contribution in [1.29, 1.82) is 0 Å². The predicted molar refractivity (Wildman–Crippen MR) is 70.4 cm³/mol. The fourth-order valence-electron chi connectivity index (χ4n) is 1.43. The third-order valence-corrected chi connectivity index (χ3v) is 3.64. The molecule has 1 atom stereocenters. The zero-order valence-electron chi connectivity index (χ0n) is 9.83. The molecule has 4 N–H and O–H groups in total. The molecule has 0 bridgehead atoms. The number of H-pyrrole nitrogens is 1. The smallest absolute Gasteiger partial charge is 0.343 e. The van der Waals surface area contributed by atoms with Crippen molar-refractivity contribution in [3.8, 4) is 0 Å². The van der Waals surface area contributed by atoms with Gasteiger partial charge in [0.15, 0.2) is 5.16 Å². The Labute approximate surface area is 108 Å². The van der Waals surface area contributed by atoms with Crippen molar-refractivity contribution in [2.75, 3.05) is 11.5 Å². The van der Waals surface area contributed by atoms with E-state index in [1.54, 1.807) is 31.3 Å². The van der Waals surface area contributed by atoms with Crippen molar-refractivity contribution in [1.82, 2.24) is 14.8 Å². The number of nitrogens with two attached hydrogens (primary N) is 1. The van der Waals surface area contributed by atoms with Crippen LogP contribution in [-0.4, -0.2) is 25.6 Å². The molecule has 0 spiro atoms. The van der Waals surface area contributed by atoms with Crippen LogP contribution in [-0.2, 0) is 7.05 Å². The number of hydrogen-bond acceptors (Lipinski definition) is 5. The molecule has 0 saturated heterocycles. The minimum absolute atomic E-state index is 0.264. The first-order chi connectivity index (χ1) is 8.58. The number of aliphatic hydroxyl groups excluding tert-OH is 1. The van der Waals surface area contributed by atoms with E-state index < -0.39 is 6.10 Å². The average molecular weight is 266 g/mol. The molecule has 2 aromatic rings. The first-order valence-electron chi connectivity index (χ1n) is 5.35. The van der Waals surface area contributed by atoms with E-state index in [-0.39, 0.29) is 5.69 Å². The van der Waals surface area contributed by atoms with Gasteiger partial charge in [0.2, 0.25) is 0 Å². The largest absolute Gasteiger partial charge is 0.399 e. The lowest BCUT2D eigenvalue weighted by Gasteiger charge is -2.10. The molecule has 1 unspecified atom stereocenters. The molecular formula is C11H14N4O2S. The molecule has 1 heterocycles. The van der Waals surface area contributed by atoms with Gasteiger partial charge in [-0.1, -0.05) is 23.9 Å². The van der Waals surface area contributed by atoms with Crippen molar-refractivity contribution in [2.45, 2.75) is 11.3 Å². The Kier molecular flexibility index (Phi) is 3.73. The van der Waals surface area contributed by atoms with Gasteiger partial charge in [-0.05, 0) is 17.7 Å². The summed E-state index contributed by atoms with van der Waals surface area (Å²) in [6, 6.07) is 7.05. The van der Waals surface area contributed by atoms with Crippen molar-refractivity contribution >= 4 is 17.4 Å². The molecule has 96 valence electrons. The molecule has 7 heteroatoms. The monoisotopic (exact) mass is 266 g/mol. The fourth-order valence-corrected chi connectivity index (χ4v) is 2.32. The van der Waals surface area contributed by atoms with Crippen molar-refractivity contribution in [3.05, 3.63) is 40.3 Å². The van der Waals surface area contributed by atoms with E-state index in [2.05, 4.69) is 10.2 Å². The number of anilines is 1. The van der Waals surface area contributed by atoms with E-state index in [9.17, 15) is 9.90 Å². The maximum atomic E-state index is 11.1. The number of nitrogens with one attached hydrogen (secondary N) is 1. The van der Waals surface area contributed by atoms with Gasteiger partial charge in [-0.25, -0.2) is 9.89 Å². The van der Waals surface area contributed by atoms with Crippen LogP contribution in [0.3, 0.4) is 0 Å². The van der Waals surface area contributed by atoms with Gasteiger partial charge in [0.1, 0.15) is 0 Å². The van der Waals surface area contributed by atoms with Gasteiger partial charge in [0.05, 0.1) is 6.10 Å². The number of aromatic amines is 1. The van der Waals surface area contributed by atoms with Crippen LogP contribution in [0.25, 0.3) is 0 Å². The number of nitrogen functional groups attached to an aromatic ring is 1. The van der Waals surface area contributed by atoms with Crippen molar-refractivity contribution in [2.24, 2.45) is 7.05 Å². The maximum Gasteiger partial charge on any atom is 0.343 e. The quantitative estimate of drug-likeness (QED) is 0.553. The van der Waals surface area contributed by atoms with E-state index in [1.807, 2.05) is 0 Å². The van der Waals surface area contributed by atoms with Crippen LogP contribution in [0.5, 0.6) is 0 Å². The van der Waals surface area contributed by atoms with E-state index in [0.29, 0.717) is 16.6 Å². The summed E-state index contributed by atoms with van der Waals surface area (Å²) in [7, 11) is 1.63. The van der Waals surface area contributed by atoms with Crippen LogP contribution < -0.4 is 11.4 Å². The highest BCUT2D eigenvalue weighted by Crippen LogP contribution is 2.22. The van der Waals surface area contributed by atoms with Crippen LogP contribution in [0.1, 0.15) is 11.7 Å². The third kappa shape index (κ3) is 2.74. The second kappa shape index (κ2) is 5.28. The van der Waals surface area contributed by atoms with Crippen LogP contribution >= 0.6 is 11.8 Å². The zero-order valence-corrected chi connectivity index (χ0v) is 10.6. The Bertz CT molecular complexity index is 575. The molecule has 0 amide bonds. The number of thioether (sulfide) groups is 1. The van der Waals surface area contributed by atoms with E-state index in [0.717, 1.165) is 5.56 Å². The third-order valence-electron chi connectivity index (χ3n) is 2.53. The van der Waals surface area contributed by atoms with Crippen LogP contribution in [0.15, 0.2) is 34.2 Å². The Hall–Kier alpha value is -1.73. The number of benzene rings is 1. The first-order valence-corrected chi connectivity index (χ1v) is 6.34. The average Bonchev–Trinajstić information content (AvgIpc) is 2.68. The fraction of sp³-hybridized carbons (Fsp3) is 0.273. The Morgan fingerprint density at radius 3 is 2.72 bits per heavy atom. The molecule has 6 nitrogen and oxygen atoms in total. The lowest BCUT2D eigenvalue weighted by atomic mass is 10.1. The second-order valence-corrected chi connectivity index (χ2v) is 4.85. The van der Waals surface area contributed by atoms with Crippen molar-refractivity contribution in [3.63, 3.8) is 0 Å². The molecule has 0 aliphatic heterocycles. The van der Waals surface area contributed by atoms with E-state index in [4.69, 9.17) is 5.73 Å². The standard InChI is InChI=1S/C11H14N4O2S/c1-15-10(17)13-14-11(15)18-6-9(16)7-2-4-8(12)5-3-7/h2-5,9,16H,6,12H2,1H3,(H,13,17). The van der Waals surface area contributed by atoms with Gasteiger partial charge in [0, 0.05) is 18.5 Å².